The van der Waals surface area contributed by atoms with Crippen LogP contribution < -0.4 is 0 Å². The molecule has 0 heterocycles. The molecule has 0 amide bonds. The Balaban J connectivity index is 2.75. The summed E-state index contributed by atoms with van der Waals surface area (Å²) in [6.45, 7) is 3.86. The van der Waals surface area contributed by atoms with E-state index in [1.807, 2.05) is 24.3 Å². The van der Waals surface area contributed by atoms with Crippen molar-refractivity contribution in [3.63, 3.8) is 0 Å². The van der Waals surface area contributed by atoms with Gasteiger partial charge < -0.3 is 5.11 Å². The highest BCUT2D eigenvalue weighted by Gasteiger charge is 2.19. The molecule has 0 aliphatic rings. The van der Waals surface area contributed by atoms with Crippen LogP contribution in [-0.2, 0) is 5.60 Å². The highest BCUT2D eigenvalue weighted by molar-refractivity contribution is 9.10. The summed E-state index contributed by atoms with van der Waals surface area (Å²) in [6, 6.07) is 7.60. The first kappa shape index (κ1) is 13.3. The van der Waals surface area contributed by atoms with Crippen LogP contribution in [0.5, 0.6) is 0 Å². The first-order valence-corrected chi connectivity index (χ1v) is 6.34. The lowest BCUT2D eigenvalue weighted by molar-refractivity contribution is 0.122. The van der Waals surface area contributed by atoms with Crippen molar-refractivity contribution in [1.82, 2.24) is 0 Å². The van der Waals surface area contributed by atoms with Gasteiger partial charge in [-0.15, -0.1) is 0 Å². The minimum absolute atomic E-state index is 0.833. The van der Waals surface area contributed by atoms with Gasteiger partial charge in [0.05, 0.1) is 0 Å². The Bertz CT molecular complexity index is 381. The average Bonchev–Trinajstić information content (AvgIpc) is 2.25. The molecule has 1 nitrogen and oxygen atoms in total. The van der Waals surface area contributed by atoms with E-state index in [-0.39, 0.29) is 0 Å². The summed E-state index contributed by atoms with van der Waals surface area (Å²) in [5.41, 5.74) is -0.214. The Morgan fingerprint density at radius 1 is 1.31 bits per heavy atom. The van der Waals surface area contributed by atoms with Crippen molar-refractivity contribution in [1.29, 1.82) is 0 Å². The maximum Gasteiger partial charge on any atom is 0.148 e. The molecule has 1 aromatic carbocycles. The second-order valence-electron chi connectivity index (χ2n) is 3.98. The summed E-state index contributed by atoms with van der Waals surface area (Å²) in [5.74, 6) is 5.95. The smallest absolute Gasteiger partial charge is 0.148 e. The highest BCUT2D eigenvalue weighted by atomic mass is 79.9. The van der Waals surface area contributed by atoms with Gasteiger partial charge in [0.2, 0.25) is 0 Å². The summed E-state index contributed by atoms with van der Waals surface area (Å²) in [4.78, 5) is 0. The number of rotatable bonds is 3. The van der Waals surface area contributed by atoms with Gasteiger partial charge in [-0.3, -0.25) is 0 Å². The highest BCUT2D eigenvalue weighted by Crippen LogP contribution is 2.21. The zero-order valence-electron chi connectivity index (χ0n) is 9.76. The second-order valence-corrected chi connectivity index (χ2v) is 4.90. The molecular weight excluding hydrogens is 264 g/mol. The quantitative estimate of drug-likeness (QED) is 0.659. The number of hydrogen-bond donors (Lipinski definition) is 1. The fourth-order valence-electron chi connectivity index (χ4n) is 1.35. The lowest BCUT2D eigenvalue weighted by Crippen LogP contribution is -2.18. The molecule has 0 bridgehead atoms. The SMILES string of the molecule is CCCCC#CC(C)(O)c1ccc(Br)cc1. The molecule has 1 aromatic rings. The van der Waals surface area contributed by atoms with E-state index in [1.54, 1.807) is 6.92 Å². The molecule has 2 heteroatoms. The number of hydrogen-bond acceptors (Lipinski definition) is 1. The Kier molecular flexibility index (Phi) is 5.05. The average molecular weight is 281 g/mol. The first-order valence-electron chi connectivity index (χ1n) is 5.54. The van der Waals surface area contributed by atoms with Crippen molar-refractivity contribution in [3.8, 4) is 11.8 Å². The van der Waals surface area contributed by atoms with Crippen LogP contribution in [-0.4, -0.2) is 5.11 Å². The van der Waals surface area contributed by atoms with Crippen molar-refractivity contribution >= 4 is 15.9 Å². The molecule has 16 heavy (non-hydrogen) atoms. The number of halogens is 1. The van der Waals surface area contributed by atoms with Gasteiger partial charge in [0, 0.05) is 10.9 Å². The van der Waals surface area contributed by atoms with Crippen LogP contribution in [0, 0.1) is 11.8 Å². The number of aliphatic hydroxyl groups is 1. The second kappa shape index (κ2) is 6.08. The van der Waals surface area contributed by atoms with Gasteiger partial charge in [-0.1, -0.05) is 53.2 Å². The molecule has 0 saturated carbocycles. The van der Waals surface area contributed by atoms with E-state index in [9.17, 15) is 5.11 Å². The van der Waals surface area contributed by atoms with Crippen LogP contribution in [0.15, 0.2) is 28.7 Å². The molecule has 0 fully saturated rings. The van der Waals surface area contributed by atoms with E-state index in [4.69, 9.17) is 0 Å². The molecule has 0 aromatic heterocycles. The standard InChI is InChI=1S/C14H17BrO/c1-3-4-5-6-11-14(2,16)12-7-9-13(15)10-8-12/h7-10,16H,3-5H2,1-2H3. The molecule has 1 N–H and O–H groups in total. The van der Waals surface area contributed by atoms with Crippen molar-refractivity contribution < 1.29 is 5.11 Å². The zero-order valence-corrected chi connectivity index (χ0v) is 11.3. The monoisotopic (exact) mass is 280 g/mol. The maximum absolute atomic E-state index is 10.2. The van der Waals surface area contributed by atoms with Gasteiger partial charge >= 0.3 is 0 Å². The van der Waals surface area contributed by atoms with Crippen molar-refractivity contribution in [2.75, 3.05) is 0 Å². The van der Waals surface area contributed by atoms with Gasteiger partial charge in [-0.05, 0) is 31.0 Å². The molecular formula is C14H17BrO. The Morgan fingerprint density at radius 2 is 1.94 bits per heavy atom. The largest absolute Gasteiger partial charge is 0.374 e. The molecule has 1 rings (SSSR count). The molecule has 0 aliphatic carbocycles. The zero-order chi connectivity index (χ0) is 12.0. The van der Waals surface area contributed by atoms with Gasteiger partial charge in [0.15, 0.2) is 0 Å². The summed E-state index contributed by atoms with van der Waals surface area (Å²) in [7, 11) is 0. The summed E-state index contributed by atoms with van der Waals surface area (Å²) >= 11 is 3.37. The van der Waals surface area contributed by atoms with E-state index in [0.29, 0.717) is 0 Å². The van der Waals surface area contributed by atoms with E-state index >= 15 is 0 Å². The summed E-state index contributed by atoms with van der Waals surface area (Å²) < 4.78 is 1.01. The molecule has 1 atom stereocenters. The number of unbranched alkanes of at least 4 members (excludes halogenated alkanes) is 2. The Morgan fingerprint density at radius 3 is 2.50 bits per heavy atom. The minimum atomic E-state index is -1.05. The van der Waals surface area contributed by atoms with Crippen LogP contribution in [0.2, 0.25) is 0 Å². The van der Waals surface area contributed by atoms with Gasteiger partial charge in [0.1, 0.15) is 5.60 Å². The van der Waals surface area contributed by atoms with Gasteiger partial charge in [-0.25, -0.2) is 0 Å². The van der Waals surface area contributed by atoms with Crippen LogP contribution in [0.3, 0.4) is 0 Å². The molecule has 86 valence electrons. The fraction of sp³-hybridized carbons (Fsp3) is 0.429. The van der Waals surface area contributed by atoms with E-state index in [2.05, 4.69) is 34.7 Å². The summed E-state index contributed by atoms with van der Waals surface area (Å²) in [6.07, 6.45) is 3.07. The lowest BCUT2D eigenvalue weighted by Gasteiger charge is -2.16. The third-order valence-electron chi connectivity index (χ3n) is 2.39. The van der Waals surface area contributed by atoms with E-state index in [0.717, 1.165) is 29.3 Å². The summed E-state index contributed by atoms with van der Waals surface area (Å²) in [5, 5.41) is 10.2. The van der Waals surface area contributed by atoms with Crippen molar-refractivity contribution in [2.24, 2.45) is 0 Å². The van der Waals surface area contributed by atoms with Crippen LogP contribution in [0.1, 0.15) is 38.7 Å². The topological polar surface area (TPSA) is 20.2 Å². The van der Waals surface area contributed by atoms with Gasteiger partial charge in [-0.2, -0.15) is 0 Å². The predicted molar refractivity (Wildman–Crippen MR) is 71.0 cm³/mol. The number of benzene rings is 1. The van der Waals surface area contributed by atoms with Crippen LogP contribution >= 0.6 is 15.9 Å². The van der Waals surface area contributed by atoms with Crippen molar-refractivity contribution in [3.05, 3.63) is 34.3 Å². The molecule has 0 aliphatic heterocycles. The fourth-order valence-corrected chi connectivity index (χ4v) is 1.61. The maximum atomic E-state index is 10.2. The van der Waals surface area contributed by atoms with Crippen molar-refractivity contribution in [2.45, 2.75) is 38.7 Å². The minimum Gasteiger partial charge on any atom is -0.374 e. The van der Waals surface area contributed by atoms with Gasteiger partial charge in [0.25, 0.3) is 0 Å². The van der Waals surface area contributed by atoms with Crippen LogP contribution in [0.25, 0.3) is 0 Å². The predicted octanol–water partition coefficient (Wildman–Crippen LogP) is 3.85. The third kappa shape index (κ3) is 4.00. The first-order chi connectivity index (χ1) is 7.56. The molecule has 0 spiro atoms. The normalized spacial score (nSPS) is 13.8. The molecule has 0 saturated heterocycles. The van der Waals surface area contributed by atoms with E-state index < -0.39 is 5.60 Å². The Labute approximate surface area is 106 Å². The molecule has 0 radical (unpaired) electrons. The lowest BCUT2D eigenvalue weighted by atomic mass is 9.96. The molecule has 1 unspecified atom stereocenters. The van der Waals surface area contributed by atoms with Crippen LogP contribution in [0.4, 0.5) is 0 Å². The third-order valence-corrected chi connectivity index (χ3v) is 2.92. The van der Waals surface area contributed by atoms with E-state index in [1.165, 1.54) is 0 Å². The Hall–Kier alpha value is -0.780.